The fourth-order valence-electron chi connectivity index (χ4n) is 4.34. The zero-order chi connectivity index (χ0) is 23.9. The normalized spacial score (nSPS) is 11.1. The molecule has 0 radical (unpaired) electrons. The first-order chi connectivity index (χ1) is 16.6. The summed E-state index contributed by atoms with van der Waals surface area (Å²) in [7, 11) is 6.01. The van der Waals surface area contributed by atoms with E-state index in [9.17, 15) is 0 Å². The lowest BCUT2D eigenvalue weighted by Crippen LogP contribution is -2.25. The second-order valence-electron chi connectivity index (χ2n) is 8.76. The molecule has 0 bridgehead atoms. The van der Waals surface area contributed by atoms with Crippen LogP contribution in [0.1, 0.15) is 26.2 Å². The smallest absolute Gasteiger partial charge is 0.119 e. The molecule has 4 aromatic rings. The summed E-state index contributed by atoms with van der Waals surface area (Å²) in [6.07, 6.45) is 7.04. The Bertz CT molecular complexity index is 1230. The first-order valence-corrected chi connectivity index (χ1v) is 12.1. The fraction of sp³-hybridized carbons (Fsp3) is 0.357. The monoisotopic (exact) mass is 457 g/mol. The molecule has 0 unspecified atom stereocenters. The van der Waals surface area contributed by atoms with Gasteiger partial charge < -0.3 is 19.9 Å². The lowest BCUT2D eigenvalue weighted by Gasteiger charge is -2.25. The number of nitrogens with zero attached hydrogens (tertiary/aromatic N) is 4. The molecule has 0 aliphatic rings. The number of ether oxygens (including phenoxy) is 1. The summed E-state index contributed by atoms with van der Waals surface area (Å²) in [5, 5.41) is 5.80. The van der Waals surface area contributed by atoms with Crippen LogP contribution in [0.25, 0.3) is 21.8 Å². The highest BCUT2D eigenvalue weighted by Crippen LogP contribution is 2.36. The number of methoxy groups -OCH3 is 1. The van der Waals surface area contributed by atoms with Crippen LogP contribution in [0, 0.1) is 0 Å². The number of fused-ring (bicyclic) bond motifs is 2. The number of rotatable bonds is 11. The SMILES string of the molecule is CCCCNc1ccc2c(N(C)CCCN(C)c3ccncc3)c3cc(OC)ccc3nc2c1. The summed E-state index contributed by atoms with van der Waals surface area (Å²) in [6, 6.07) is 16.8. The molecule has 0 aliphatic heterocycles. The topological polar surface area (TPSA) is 53.5 Å². The number of hydrogen-bond acceptors (Lipinski definition) is 6. The second-order valence-corrected chi connectivity index (χ2v) is 8.76. The van der Waals surface area contributed by atoms with Gasteiger partial charge in [-0.2, -0.15) is 0 Å². The van der Waals surface area contributed by atoms with Crippen LogP contribution in [0.15, 0.2) is 60.9 Å². The Balaban J connectivity index is 1.63. The van der Waals surface area contributed by atoms with Gasteiger partial charge in [-0.1, -0.05) is 13.3 Å². The van der Waals surface area contributed by atoms with Crippen molar-refractivity contribution in [2.24, 2.45) is 0 Å². The number of pyridine rings is 2. The average Bonchev–Trinajstić information content (AvgIpc) is 2.87. The number of nitrogens with one attached hydrogen (secondary N) is 1. The van der Waals surface area contributed by atoms with Gasteiger partial charge in [0.25, 0.3) is 0 Å². The van der Waals surface area contributed by atoms with Gasteiger partial charge in [-0.25, -0.2) is 4.98 Å². The van der Waals surface area contributed by atoms with Crippen LogP contribution in [-0.4, -0.2) is 50.8 Å². The van der Waals surface area contributed by atoms with Crippen LogP contribution >= 0.6 is 0 Å². The third-order valence-electron chi connectivity index (χ3n) is 6.28. The van der Waals surface area contributed by atoms with E-state index in [0.717, 1.165) is 65.7 Å². The standard InChI is InChI=1S/C28H35N5O/c1-5-6-14-30-21-8-10-24-27(19-21)31-26-11-9-23(34-4)20-25(26)28(24)33(3)18-7-17-32(2)22-12-15-29-16-13-22/h8-13,15-16,19-20,30H,5-7,14,17-18H2,1-4H3. The number of benzene rings is 2. The molecule has 0 saturated carbocycles. The zero-order valence-corrected chi connectivity index (χ0v) is 20.7. The van der Waals surface area contributed by atoms with Crippen molar-refractivity contribution in [3.63, 3.8) is 0 Å². The van der Waals surface area contributed by atoms with E-state index < -0.39 is 0 Å². The van der Waals surface area contributed by atoms with Crippen molar-refractivity contribution in [1.82, 2.24) is 9.97 Å². The summed E-state index contributed by atoms with van der Waals surface area (Å²) in [4.78, 5) is 13.7. The van der Waals surface area contributed by atoms with E-state index in [1.165, 1.54) is 17.8 Å². The Kier molecular flexibility index (Phi) is 7.68. The van der Waals surface area contributed by atoms with Gasteiger partial charge in [0.05, 0.1) is 23.8 Å². The highest BCUT2D eigenvalue weighted by atomic mass is 16.5. The van der Waals surface area contributed by atoms with Gasteiger partial charge in [-0.15, -0.1) is 0 Å². The van der Waals surface area contributed by atoms with Crippen LogP contribution in [0.3, 0.4) is 0 Å². The predicted octanol–water partition coefficient (Wildman–Crippen LogP) is 5.97. The molecular formula is C28H35N5O. The second kappa shape index (κ2) is 11.1. The van der Waals surface area contributed by atoms with Gasteiger partial charge >= 0.3 is 0 Å². The van der Waals surface area contributed by atoms with E-state index in [0.29, 0.717) is 0 Å². The van der Waals surface area contributed by atoms with Gasteiger partial charge in [-0.3, -0.25) is 4.98 Å². The summed E-state index contributed by atoms with van der Waals surface area (Å²) in [5.74, 6) is 0.846. The Hall–Kier alpha value is -3.54. The van der Waals surface area contributed by atoms with E-state index in [2.05, 4.69) is 71.5 Å². The molecule has 2 aromatic heterocycles. The van der Waals surface area contributed by atoms with E-state index >= 15 is 0 Å². The summed E-state index contributed by atoms with van der Waals surface area (Å²) < 4.78 is 5.54. The minimum Gasteiger partial charge on any atom is -0.497 e. The molecule has 2 heterocycles. The van der Waals surface area contributed by atoms with Crippen molar-refractivity contribution in [1.29, 1.82) is 0 Å². The highest BCUT2D eigenvalue weighted by Gasteiger charge is 2.15. The predicted molar refractivity (Wildman–Crippen MR) is 145 cm³/mol. The van der Waals surface area contributed by atoms with E-state index in [4.69, 9.17) is 9.72 Å². The lowest BCUT2D eigenvalue weighted by atomic mass is 10.1. The largest absolute Gasteiger partial charge is 0.497 e. The molecule has 34 heavy (non-hydrogen) atoms. The number of anilines is 3. The molecule has 6 heteroatoms. The van der Waals surface area contributed by atoms with Crippen LogP contribution in [0.2, 0.25) is 0 Å². The molecule has 0 atom stereocenters. The average molecular weight is 458 g/mol. The van der Waals surface area contributed by atoms with E-state index in [1.807, 2.05) is 30.6 Å². The van der Waals surface area contributed by atoms with E-state index in [1.54, 1.807) is 7.11 Å². The molecular weight excluding hydrogens is 422 g/mol. The van der Waals surface area contributed by atoms with Gasteiger partial charge in [0.2, 0.25) is 0 Å². The maximum Gasteiger partial charge on any atom is 0.119 e. The zero-order valence-electron chi connectivity index (χ0n) is 20.7. The maximum atomic E-state index is 5.54. The number of aromatic nitrogens is 2. The molecule has 0 spiro atoms. The summed E-state index contributed by atoms with van der Waals surface area (Å²) >= 11 is 0. The van der Waals surface area contributed by atoms with Crippen LogP contribution in [0.4, 0.5) is 17.1 Å². The van der Waals surface area contributed by atoms with Crippen molar-refractivity contribution >= 4 is 38.9 Å². The minimum absolute atomic E-state index is 0.846. The van der Waals surface area contributed by atoms with Gasteiger partial charge in [0.1, 0.15) is 5.75 Å². The van der Waals surface area contributed by atoms with Crippen LogP contribution < -0.4 is 19.9 Å². The third kappa shape index (κ3) is 5.33. The van der Waals surface area contributed by atoms with Gasteiger partial charge in [0.15, 0.2) is 0 Å². The molecule has 4 rings (SSSR count). The van der Waals surface area contributed by atoms with Crippen LogP contribution in [0.5, 0.6) is 5.75 Å². The fourth-order valence-corrected chi connectivity index (χ4v) is 4.34. The highest BCUT2D eigenvalue weighted by molar-refractivity contribution is 6.08. The molecule has 0 fully saturated rings. The van der Waals surface area contributed by atoms with Crippen molar-refractivity contribution < 1.29 is 4.74 Å². The third-order valence-corrected chi connectivity index (χ3v) is 6.28. The summed E-state index contributed by atoms with van der Waals surface area (Å²) in [6.45, 7) is 5.08. The molecule has 1 N–H and O–H groups in total. The van der Waals surface area contributed by atoms with Crippen molar-refractivity contribution in [2.45, 2.75) is 26.2 Å². The molecule has 178 valence electrons. The Morgan fingerprint density at radius 2 is 1.65 bits per heavy atom. The number of unbranched alkanes of at least 4 members (excludes halogenated alkanes) is 1. The Morgan fingerprint density at radius 3 is 2.41 bits per heavy atom. The first kappa shape index (κ1) is 23.6. The van der Waals surface area contributed by atoms with Gasteiger partial charge in [-0.05, 0) is 61.4 Å². The molecule has 0 aliphatic carbocycles. The Labute approximate surface area is 202 Å². The maximum absolute atomic E-state index is 5.54. The van der Waals surface area contributed by atoms with Crippen molar-refractivity contribution in [3.05, 3.63) is 60.9 Å². The quantitative estimate of drug-likeness (QED) is 0.221. The van der Waals surface area contributed by atoms with E-state index in [-0.39, 0.29) is 0 Å². The van der Waals surface area contributed by atoms with Gasteiger partial charge in [0, 0.05) is 68.3 Å². The minimum atomic E-state index is 0.846. The summed E-state index contributed by atoms with van der Waals surface area (Å²) in [5.41, 5.74) is 5.49. The first-order valence-electron chi connectivity index (χ1n) is 12.1. The Morgan fingerprint density at radius 1 is 0.853 bits per heavy atom. The molecule has 0 saturated heterocycles. The molecule has 2 aromatic carbocycles. The molecule has 6 nitrogen and oxygen atoms in total. The lowest BCUT2D eigenvalue weighted by molar-refractivity contribution is 0.415. The van der Waals surface area contributed by atoms with Crippen molar-refractivity contribution in [3.8, 4) is 5.75 Å². The molecule has 0 amide bonds. The van der Waals surface area contributed by atoms with Crippen molar-refractivity contribution in [2.75, 3.05) is 56.0 Å². The number of hydrogen-bond donors (Lipinski definition) is 1. The van der Waals surface area contributed by atoms with Crippen LogP contribution in [-0.2, 0) is 0 Å².